The fourth-order valence-electron chi connectivity index (χ4n) is 1.56. The zero-order valence-corrected chi connectivity index (χ0v) is 8.05. The molecule has 0 aliphatic carbocycles. The van der Waals surface area contributed by atoms with Gasteiger partial charge in [-0.2, -0.15) is 13.2 Å². The van der Waals surface area contributed by atoms with Crippen molar-refractivity contribution in [2.24, 2.45) is 0 Å². The van der Waals surface area contributed by atoms with Gasteiger partial charge < -0.3 is 15.3 Å². The van der Waals surface area contributed by atoms with Gasteiger partial charge in [0.15, 0.2) is 0 Å². The Hall–Kier alpha value is -0.820. The molecule has 15 heavy (non-hydrogen) atoms. The highest BCUT2D eigenvalue weighted by atomic mass is 19.4. The predicted molar refractivity (Wildman–Crippen MR) is 46.1 cm³/mol. The summed E-state index contributed by atoms with van der Waals surface area (Å²) in [5, 5.41) is 11.4. The smallest absolute Gasteiger partial charge is 0.395 e. The van der Waals surface area contributed by atoms with Crippen LogP contribution in [0.1, 0.15) is 6.42 Å². The number of hydrogen-bond donors (Lipinski definition) is 2. The average molecular weight is 226 g/mol. The molecule has 1 aliphatic heterocycles. The molecule has 0 aromatic carbocycles. The van der Waals surface area contributed by atoms with Gasteiger partial charge in [-0.05, 0) is 6.42 Å². The largest absolute Gasteiger partial charge is 0.471 e. The molecule has 0 aromatic rings. The van der Waals surface area contributed by atoms with Gasteiger partial charge in [0.25, 0.3) is 0 Å². The van der Waals surface area contributed by atoms with Crippen LogP contribution in [0.25, 0.3) is 0 Å². The molecule has 1 atom stereocenters. The van der Waals surface area contributed by atoms with Crippen molar-refractivity contribution in [1.82, 2.24) is 10.2 Å². The van der Waals surface area contributed by atoms with E-state index in [0.717, 1.165) is 4.90 Å². The number of nitrogens with one attached hydrogen (secondary N) is 1. The maximum Gasteiger partial charge on any atom is 0.471 e. The number of halogens is 3. The van der Waals surface area contributed by atoms with Gasteiger partial charge in [-0.3, -0.25) is 4.79 Å². The van der Waals surface area contributed by atoms with Crippen molar-refractivity contribution in [3.63, 3.8) is 0 Å². The maximum absolute atomic E-state index is 12.0. The van der Waals surface area contributed by atoms with Crippen LogP contribution in [0.3, 0.4) is 0 Å². The summed E-state index contributed by atoms with van der Waals surface area (Å²) >= 11 is 0. The Morgan fingerprint density at radius 2 is 2.20 bits per heavy atom. The van der Waals surface area contributed by atoms with Gasteiger partial charge in [-0.15, -0.1) is 0 Å². The first kappa shape index (κ1) is 12.3. The zero-order chi connectivity index (χ0) is 11.5. The Morgan fingerprint density at radius 3 is 2.73 bits per heavy atom. The molecule has 0 bridgehead atoms. The standard InChI is InChI=1S/C8H13F3N2O2/c9-8(10,11)7(15)13-3-1-6(5-13)12-2-4-14/h6,12,14H,1-5H2. The van der Waals surface area contributed by atoms with Crippen LogP contribution in [0.4, 0.5) is 13.2 Å². The predicted octanol–water partition coefficient (Wildman–Crippen LogP) is -0.269. The first-order valence-electron chi connectivity index (χ1n) is 4.65. The fraction of sp³-hybridized carbons (Fsp3) is 0.875. The van der Waals surface area contributed by atoms with Gasteiger partial charge in [-0.25, -0.2) is 0 Å². The maximum atomic E-state index is 12.0. The molecule has 4 nitrogen and oxygen atoms in total. The van der Waals surface area contributed by atoms with Crippen LogP contribution in [0, 0.1) is 0 Å². The minimum atomic E-state index is -4.79. The summed E-state index contributed by atoms with van der Waals surface area (Å²) in [4.78, 5) is 11.6. The van der Waals surface area contributed by atoms with E-state index in [4.69, 9.17) is 5.11 Å². The number of aliphatic hydroxyl groups excluding tert-OH is 1. The molecule has 0 aromatic heterocycles. The second-order valence-electron chi connectivity index (χ2n) is 3.41. The summed E-state index contributed by atoms with van der Waals surface area (Å²) in [6.45, 7) is 0.433. The molecule has 1 heterocycles. The minimum Gasteiger partial charge on any atom is -0.395 e. The highest BCUT2D eigenvalue weighted by molar-refractivity contribution is 5.82. The van der Waals surface area contributed by atoms with E-state index >= 15 is 0 Å². The van der Waals surface area contributed by atoms with E-state index in [0.29, 0.717) is 13.0 Å². The van der Waals surface area contributed by atoms with Crippen molar-refractivity contribution in [1.29, 1.82) is 0 Å². The van der Waals surface area contributed by atoms with Gasteiger partial charge in [0, 0.05) is 25.7 Å². The summed E-state index contributed by atoms with van der Waals surface area (Å²) in [6, 6.07) is -0.150. The van der Waals surface area contributed by atoms with Crippen LogP contribution < -0.4 is 5.32 Å². The third-order valence-corrected chi connectivity index (χ3v) is 2.26. The molecule has 1 saturated heterocycles. The number of rotatable bonds is 3. The first-order valence-corrected chi connectivity index (χ1v) is 4.65. The van der Waals surface area contributed by atoms with E-state index in [-0.39, 0.29) is 25.7 Å². The highest BCUT2D eigenvalue weighted by Crippen LogP contribution is 2.21. The summed E-state index contributed by atoms with van der Waals surface area (Å²) in [7, 11) is 0. The molecule has 1 amide bonds. The van der Waals surface area contributed by atoms with E-state index in [2.05, 4.69) is 5.32 Å². The molecular formula is C8H13F3N2O2. The topological polar surface area (TPSA) is 52.6 Å². The lowest BCUT2D eigenvalue weighted by Gasteiger charge is -2.18. The second kappa shape index (κ2) is 4.80. The second-order valence-corrected chi connectivity index (χ2v) is 3.41. The number of alkyl halides is 3. The van der Waals surface area contributed by atoms with Crippen molar-refractivity contribution in [2.75, 3.05) is 26.2 Å². The first-order chi connectivity index (χ1) is 6.95. The van der Waals surface area contributed by atoms with Crippen LogP contribution in [0.2, 0.25) is 0 Å². The zero-order valence-electron chi connectivity index (χ0n) is 8.05. The van der Waals surface area contributed by atoms with E-state index in [1.54, 1.807) is 0 Å². The lowest BCUT2D eigenvalue weighted by Crippen LogP contribution is -2.42. The molecule has 7 heteroatoms. The molecular weight excluding hydrogens is 213 g/mol. The molecule has 0 radical (unpaired) electrons. The SMILES string of the molecule is O=C(N1CCC(NCCO)C1)C(F)(F)F. The summed E-state index contributed by atoms with van der Waals surface area (Å²) in [5.41, 5.74) is 0. The highest BCUT2D eigenvalue weighted by Gasteiger charge is 2.44. The number of aliphatic hydroxyl groups is 1. The normalized spacial score (nSPS) is 22.1. The lowest BCUT2D eigenvalue weighted by molar-refractivity contribution is -0.184. The van der Waals surface area contributed by atoms with Crippen molar-refractivity contribution in [2.45, 2.75) is 18.6 Å². The van der Waals surface area contributed by atoms with E-state index in [1.807, 2.05) is 0 Å². The summed E-state index contributed by atoms with van der Waals surface area (Å²) < 4.78 is 36.1. The molecule has 1 aliphatic rings. The van der Waals surface area contributed by atoms with Gasteiger partial charge in [0.1, 0.15) is 0 Å². The molecule has 1 unspecified atom stereocenters. The van der Waals surface area contributed by atoms with Crippen LogP contribution >= 0.6 is 0 Å². The molecule has 1 rings (SSSR count). The van der Waals surface area contributed by atoms with E-state index in [1.165, 1.54) is 0 Å². The Morgan fingerprint density at radius 1 is 1.53 bits per heavy atom. The number of amides is 1. The van der Waals surface area contributed by atoms with Gasteiger partial charge in [0.2, 0.25) is 0 Å². The van der Waals surface area contributed by atoms with Crippen molar-refractivity contribution in [3.05, 3.63) is 0 Å². The summed E-state index contributed by atoms with van der Waals surface area (Å²) in [6.07, 6.45) is -4.30. The number of hydrogen-bond acceptors (Lipinski definition) is 3. The van der Waals surface area contributed by atoms with Gasteiger partial charge in [-0.1, -0.05) is 0 Å². The minimum absolute atomic E-state index is 0.0539. The van der Waals surface area contributed by atoms with Crippen molar-refractivity contribution in [3.8, 4) is 0 Å². The average Bonchev–Trinajstić information content (AvgIpc) is 2.60. The summed E-state index contributed by atoms with van der Waals surface area (Å²) in [5.74, 6) is -1.78. The number of likely N-dealkylation sites (tertiary alicyclic amines) is 1. The van der Waals surface area contributed by atoms with Crippen LogP contribution in [-0.4, -0.2) is 54.4 Å². The quantitative estimate of drug-likeness (QED) is 0.696. The number of carbonyl (C=O) groups excluding carboxylic acids is 1. The van der Waals surface area contributed by atoms with E-state index in [9.17, 15) is 18.0 Å². The molecule has 0 spiro atoms. The fourth-order valence-corrected chi connectivity index (χ4v) is 1.56. The molecule has 88 valence electrons. The van der Waals surface area contributed by atoms with Crippen molar-refractivity contribution < 1.29 is 23.1 Å². The number of nitrogens with zero attached hydrogens (tertiary/aromatic N) is 1. The molecule has 0 saturated carbocycles. The van der Waals surface area contributed by atoms with Gasteiger partial charge >= 0.3 is 12.1 Å². The van der Waals surface area contributed by atoms with Crippen molar-refractivity contribution >= 4 is 5.91 Å². The molecule has 2 N–H and O–H groups in total. The third-order valence-electron chi connectivity index (χ3n) is 2.26. The van der Waals surface area contributed by atoms with E-state index < -0.39 is 12.1 Å². The van der Waals surface area contributed by atoms with Crippen LogP contribution in [-0.2, 0) is 4.79 Å². The monoisotopic (exact) mass is 226 g/mol. The molecule has 1 fully saturated rings. The Labute approximate surface area is 85.1 Å². The Kier molecular flexibility index (Phi) is 3.92. The Bertz CT molecular complexity index is 232. The van der Waals surface area contributed by atoms with Gasteiger partial charge in [0.05, 0.1) is 6.61 Å². The van der Waals surface area contributed by atoms with Crippen LogP contribution in [0.5, 0.6) is 0 Å². The lowest BCUT2D eigenvalue weighted by atomic mass is 10.3. The Balaban J connectivity index is 2.39. The van der Waals surface area contributed by atoms with Crippen LogP contribution in [0.15, 0.2) is 0 Å². The third kappa shape index (κ3) is 3.35. The number of carbonyl (C=O) groups is 1.